The van der Waals surface area contributed by atoms with Gasteiger partial charge in [0.25, 0.3) is 0 Å². The Bertz CT molecular complexity index is 1080. The van der Waals surface area contributed by atoms with E-state index in [1.54, 1.807) is 0 Å². The SMILES string of the molecule is Cc1cc([C@H]2[C@H](c3ccccn3)NC(=S)N2C[C@@H]2CCCO2)c(C)n1Cc1ccccc1. The molecule has 5 rings (SSSR count). The highest BCUT2D eigenvalue weighted by molar-refractivity contribution is 7.80. The number of thiocarbonyl (C=S) groups is 1. The summed E-state index contributed by atoms with van der Waals surface area (Å²) in [6.07, 6.45) is 4.30. The van der Waals surface area contributed by atoms with Gasteiger partial charge in [-0.05, 0) is 68.2 Å². The summed E-state index contributed by atoms with van der Waals surface area (Å²) in [6.45, 7) is 6.94. The van der Waals surface area contributed by atoms with E-state index < -0.39 is 0 Å². The van der Waals surface area contributed by atoms with E-state index in [-0.39, 0.29) is 18.2 Å². The summed E-state index contributed by atoms with van der Waals surface area (Å²) in [5.41, 5.74) is 6.16. The van der Waals surface area contributed by atoms with Gasteiger partial charge in [0, 0.05) is 37.3 Å². The smallest absolute Gasteiger partial charge is 0.170 e. The maximum Gasteiger partial charge on any atom is 0.170 e. The summed E-state index contributed by atoms with van der Waals surface area (Å²) in [6, 6.07) is 19.2. The highest BCUT2D eigenvalue weighted by Crippen LogP contribution is 2.41. The van der Waals surface area contributed by atoms with E-state index in [4.69, 9.17) is 17.0 Å². The molecule has 3 aromatic rings. The maximum atomic E-state index is 5.98. The van der Waals surface area contributed by atoms with Gasteiger partial charge in [0.2, 0.25) is 0 Å². The van der Waals surface area contributed by atoms with Crippen LogP contribution in [0.2, 0.25) is 0 Å². The number of nitrogens with zero attached hydrogens (tertiary/aromatic N) is 3. The van der Waals surface area contributed by atoms with Crippen LogP contribution in [0.25, 0.3) is 0 Å². The first-order valence-corrected chi connectivity index (χ1v) is 11.8. The molecule has 2 fully saturated rings. The zero-order valence-corrected chi connectivity index (χ0v) is 19.5. The highest BCUT2D eigenvalue weighted by Gasteiger charge is 2.42. The maximum absolute atomic E-state index is 5.98. The molecule has 1 N–H and O–H groups in total. The summed E-state index contributed by atoms with van der Waals surface area (Å²) in [4.78, 5) is 7.01. The first-order valence-electron chi connectivity index (χ1n) is 11.4. The summed E-state index contributed by atoms with van der Waals surface area (Å²) < 4.78 is 8.39. The van der Waals surface area contributed by atoms with E-state index in [1.807, 2.05) is 18.3 Å². The number of hydrogen-bond acceptors (Lipinski definition) is 3. The van der Waals surface area contributed by atoms with Crippen molar-refractivity contribution in [2.45, 2.75) is 51.4 Å². The number of hydrogen-bond donors (Lipinski definition) is 1. The van der Waals surface area contributed by atoms with Crippen molar-refractivity contribution in [1.82, 2.24) is 19.8 Å². The topological polar surface area (TPSA) is 42.3 Å². The number of nitrogens with one attached hydrogen (secondary N) is 1. The normalized spacial score (nSPS) is 23.0. The van der Waals surface area contributed by atoms with E-state index in [1.165, 1.54) is 22.5 Å². The lowest BCUT2D eigenvalue weighted by Gasteiger charge is -2.30. The summed E-state index contributed by atoms with van der Waals surface area (Å²) >= 11 is 5.84. The van der Waals surface area contributed by atoms with E-state index in [9.17, 15) is 0 Å². The number of pyridine rings is 1. The molecule has 1 aromatic carbocycles. The van der Waals surface area contributed by atoms with Crippen LogP contribution in [-0.2, 0) is 11.3 Å². The molecular weight excluding hydrogens is 416 g/mol. The van der Waals surface area contributed by atoms with Gasteiger partial charge in [-0.3, -0.25) is 4.98 Å². The Kier molecular flexibility index (Phi) is 5.98. The van der Waals surface area contributed by atoms with Crippen molar-refractivity contribution in [3.63, 3.8) is 0 Å². The molecular formula is C26H30N4OS. The van der Waals surface area contributed by atoms with Crippen molar-refractivity contribution in [2.75, 3.05) is 13.2 Å². The molecule has 3 atom stereocenters. The summed E-state index contributed by atoms with van der Waals surface area (Å²) in [5.74, 6) is 0. The van der Waals surface area contributed by atoms with Crippen LogP contribution in [0.4, 0.5) is 0 Å². The van der Waals surface area contributed by atoms with E-state index in [0.29, 0.717) is 0 Å². The fourth-order valence-corrected chi connectivity index (χ4v) is 5.40. The molecule has 4 heterocycles. The van der Waals surface area contributed by atoms with E-state index in [0.717, 1.165) is 43.3 Å². The van der Waals surface area contributed by atoms with Crippen LogP contribution in [0.1, 0.15) is 53.1 Å². The van der Waals surface area contributed by atoms with Crippen molar-refractivity contribution in [2.24, 2.45) is 0 Å². The van der Waals surface area contributed by atoms with Crippen LogP contribution in [0.15, 0.2) is 60.8 Å². The Morgan fingerprint density at radius 2 is 1.94 bits per heavy atom. The zero-order valence-electron chi connectivity index (χ0n) is 18.7. The van der Waals surface area contributed by atoms with Crippen molar-refractivity contribution in [3.8, 4) is 0 Å². The second-order valence-corrected chi connectivity index (χ2v) is 9.20. The lowest BCUT2D eigenvalue weighted by Crippen LogP contribution is -2.36. The molecule has 166 valence electrons. The number of ether oxygens (including phenoxy) is 1. The molecule has 2 saturated heterocycles. The van der Waals surface area contributed by atoms with Crippen LogP contribution >= 0.6 is 12.2 Å². The van der Waals surface area contributed by atoms with Gasteiger partial charge in [-0.25, -0.2) is 0 Å². The van der Waals surface area contributed by atoms with Crippen molar-refractivity contribution < 1.29 is 4.74 Å². The summed E-state index contributed by atoms with van der Waals surface area (Å²) in [5, 5.41) is 4.36. The monoisotopic (exact) mass is 446 g/mol. The van der Waals surface area contributed by atoms with E-state index in [2.05, 4.69) is 76.1 Å². The predicted octanol–water partition coefficient (Wildman–Crippen LogP) is 4.70. The number of benzene rings is 1. The lowest BCUT2D eigenvalue weighted by molar-refractivity contribution is 0.0842. The first-order chi connectivity index (χ1) is 15.6. The predicted molar refractivity (Wildman–Crippen MR) is 131 cm³/mol. The van der Waals surface area contributed by atoms with Gasteiger partial charge < -0.3 is 19.5 Å². The minimum absolute atomic E-state index is 0.00998. The second-order valence-electron chi connectivity index (χ2n) is 8.81. The molecule has 2 aliphatic heterocycles. The van der Waals surface area contributed by atoms with E-state index >= 15 is 0 Å². The van der Waals surface area contributed by atoms with Crippen LogP contribution in [-0.4, -0.2) is 38.8 Å². The second kappa shape index (κ2) is 9.04. The average molecular weight is 447 g/mol. The van der Waals surface area contributed by atoms with Crippen molar-refractivity contribution >= 4 is 17.3 Å². The zero-order chi connectivity index (χ0) is 22.1. The van der Waals surface area contributed by atoms with Gasteiger partial charge in [-0.1, -0.05) is 36.4 Å². The molecule has 6 heteroatoms. The van der Waals surface area contributed by atoms with Crippen molar-refractivity contribution in [3.05, 3.63) is 89.0 Å². The molecule has 0 saturated carbocycles. The van der Waals surface area contributed by atoms with Gasteiger partial charge >= 0.3 is 0 Å². The minimum Gasteiger partial charge on any atom is -0.376 e. The van der Waals surface area contributed by atoms with Gasteiger partial charge in [0.15, 0.2) is 5.11 Å². The Morgan fingerprint density at radius 1 is 1.12 bits per heavy atom. The van der Waals surface area contributed by atoms with Crippen LogP contribution in [0.5, 0.6) is 0 Å². The molecule has 0 aliphatic carbocycles. The fraction of sp³-hybridized carbons (Fsp3) is 0.385. The molecule has 2 aliphatic rings. The average Bonchev–Trinajstić information content (AvgIpc) is 3.51. The van der Waals surface area contributed by atoms with Gasteiger partial charge in [0.05, 0.1) is 23.9 Å². The Balaban J connectivity index is 1.53. The fourth-order valence-electron chi connectivity index (χ4n) is 5.08. The van der Waals surface area contributed by atoms with Crippen LogP contribution in [0.3, 0.4) is 0 Å². The van der Waals surface area contributed by atoms with Gasteiger partial charge in [-0.2, -0.15) is 0 Å². The number of aromatic nitrogens is 2. The molecule has 0 bridgehead atoms. The number of rotatable bonds is 6. The number of aryl methyl sites for hydroxylation is 1. The third-order valence-corrected chi connectivity index (χ3v) is 7.09. The minimum atomic E-state index is 0.00998. The lowest BCUT2D eigenvalue weighted by atomic mass is 9.96. The molecule has 0 unspecified atom stereocenters. The Morgan fingerprint density at radius 3 is 2.66 bits per heavy atom. The largest absolute Gasteiger partial charge is 0.376 e. The third kappa shape index (κ3) is 4.05. The highest BCUT2D eigenvalue weighted by atomic mass is 32.1. The van der Waals surface area contributed by atoms with Gasteiger partial charge in [0.1, 0.15) is 0 Å². The first kappa shape index (κ1) is 21.2. The third-order valence-electron chi connectivity index (χ3n) is 6.74. The van der Waals surface area contributed by atoms with Crippen LogP contribution < -0.4 is 5.32 Å². The molecule has 0 spiro atoms. The van der Waals surface area contributed by atoms with Crippen molar-refractivity contribution in [1.29, 1.82) is 0 Å². The molecule has 0 amide bonds. The molecule has 2 aromatic heterocycles. The Hall–Kier alpha value is -2.70. The van der Waals surface area contributed by atoms with Crippen LogP contribution in [0, 0.1) is 13.8 Å². The quantitative estimate of drug-likeness (QED) is 0.556. The molecule has 32 heavy (non-hydrogen) atoms. The molecule has 0 radical (unpaired) electrons. The van der Waals surface area contributed by atoms with Gasteiger partial charge in [-0.15, -0.1) is 0 Å². The summed E-state index contributed by atoms with van der Waals surface area (Å²) in [7, 11) is 0. The Labute approximate surface area is 195 Å². The standard InChI is InChI=1S/C26H30N4OS/c1-18-15-22(19(2)29(18)16-20-9-4-3-5-10-20)25-24(23-12-6-7-13-27-23)28-26(32)30(25)17-21-11-8-14-31-21/h3-7,9-10,12-13,15,21,24-25H,8,11,14,16-17H2,1-2H3,(H,28,32)/t21-,24-,25-/m0/s1. The molecule has 5 nitrogen and oxygen atoms in total.